The molecule has 4 rings (SSSR count). The lowest BCUT2D eigenvalue weighted by Gasteiger charge is -2.33. The van der Waals surface area contributed by atoms with Gasteiger partial charge in [-0.3, -0.25) is 9.69 Å². The number of piperidine rings is 1. The van der Waals surface area contributed by atoms with Crippen LogP contribution in [-0.2, 0) is 17.9 Å². The summed E-state index contributed by atoms with van der Waals surface area (Å²) in [5.41, 5.74) is 2.61. The first-order valence-corrected chi connectivity index (χ1v) is 9.88. The lowest BCUT2D eigenvalue weighted by atomic mass is 10.0. The molecular formula is C23H24N2O4. The average Bonchev–Trinajstić information content (AvgIpc) is 3.23. The Hall–Kier alpha value is -3.12. The maximum atomic E-state index is 11.6. The number of aromatic nitrogens is 1. The molecule has 3 aromatic rings. The third-order valence-electron chi connectivity index (χ3n) is 5.19. The molecule has 0 spiro atoms. The van der Waals surface area contributed by atoms with Gasteiger partial charge in [0, 0.05) is 17.7 Å². The number of rotatable bonds is 7. The van der Waals surface area contributed by atoms with Gasteiger partial charge in [0.2, 0.25) is 5.89 Å². The number of nitrogens with zero attached hydrogens (tertiary/aromatic N) is 2. The smallest absolute Gasteiger partial charge is 0.320 e. The fourth-order valence-electron chi connectivity index (χ4n) is 3.69. The second-order valence-corrected chi connectivity index (χ2v) is 7.23. The standard InChI is InChI=1S/C23H24N2O4/c26-23(27)20-11-6-7-13-25(20)14-18-10-4-5-12-21(18)28-15-19-16-29-22(24-19)17-8-2-1-3-9-17/h1-5,8-10,12,16,20H,6-7,11,13-15H2,(H,26,27). The number of carboxylic acid groups (broad SMARTS) is 1. The number of benzene rings is 2. The molecule has 1 atom stereocenters. The minimum atomic E-state index is -0.751. The van der Waals surface area contributed by atoms with Crippen molar-refractivity contribution < 1.29 is 19.1 Å². The van der Waals surface area contributed by atoms with Gasteiger partial charge in [-0.2, -0.15) is 0 Å². The summed E-state index contributed by atoms with van der Waals surface area (Å²) in [5.74, 6) is 0.556. The van der Waals surface area contributed by atoms with Crippen molar-refractivity contribution in [2.75, 3.05) is 6.54 Å². The van der Waals surface area contributed by atoms with E-state index in [2.05, 4.69) is 4.98 Å². The second-order valence-electron chi connectivity index (χ2n) is 7.23. The second kappa shape index (κ2) is 8.92. The van der Waals surface area contributed by atoms with E-state index >= 15 is 0 Å². The van der Waals surface area contributed by atoms with Crippen molar-refractivity contribution in [3.05, 3.63) is 72.1 Å². The molecule has 150 valence electrons. The monoisotopic (exact) mass is 392 g/mol. The Balaban J connectivity index is 1.44. The molecule has 0 radical (unpaired) electrons. The van der Waals surface area contributed by atoms with E-state index in [-0.39, 0.29) is 6.61 Å². The van der Waals surface area contributed by atoms with E-state index in [9.17, 15) is 9.90 Å². The van der Waals surface area contributed by atoms with Crippen LogP contribution in [0.25, 0.3) is 11.5 Å². The highest BCUT2D eigenvalue weighted by atomic mass is 16.5. The number of para-hydroxylation sites is 1. The van der Waals surface area contributed by atoms with Gasteiger partial charge in [0.05, 0.1) is 0 Å². The van der Waals surface area contributed by atoms with E-state index in [0.29, 0.717) is 24.6 Å². The molecule has 1 aliphatic heterocycles. The van der Waals surface area contributed by atoms with Crippen molar-refractivity contribution in [3.63, 3.8) is 0 Å². The van der Waals surface area contributed by atoms with E-state index in [1.807, 2.05) is 59.5 Å². The zero-order chi connectivity index (χ0) is 20.1. The van der Waals surface area contributed by atoms with Crippen LogP contribution in [-0.4, -0.2) is 33.5 Å². The van der Waals surface area contributed by atoms with Crippen LogP contribution in [0.3, 0.4) is 0 Å². The minimum Gasteiger partial charge on any atom is -0.487 e. The fourth-order valence-corrected chi connectivity index (χ4v) is 3.69. The number of likely N-dealkylation sites (tertiary alicyclic amines) is 1. The first-order chi connectivity index (χ1) is 14.2. The van der Waals surface area contributed by atoms with Gasteiger partial charge in [-0.15, -0.1) is 0 Å². The highest BCUT2D eigenvalue weighted by molar-refractivity contribution is 5.73. The largest absolute Gasteiger partial charge is 0.487 e. The van der Waals surface area contributed by atoms with E-state index in [4.69, 9.17) is 9.15 Å². The van der Waals surface area contributed by atoms with Gasteiger partial charge in [0.1, 0.15) is 30.4 Å². The number of oxazole rings is 1. The molecule has 0 aliphatic carbocycles. The normalized spacial score (nSPS) is 17.2. The Morgan fingerprint density at radius 1 is 1.14 bits per heavy atom. The maximum absolute atomic E-state index is 11.6. The molecule has 6 heteroatoms. The minimum absolute atomic E-state index is 0.287. The van der Waals surface area contributed by atoms with E-state index in [1.54, 1.807) is 6.26 Å². The molecule has 1 unspecified atom stereocenters. The van der Waals surface area contributed by atoms with Crippen molar-refractivity contribution in [2.24, 2.45) is 0 Å². The Morgan fingerprint density at radius 3 is 2.76 bits per heavy atom. The van der Waals surface area contributed by atoms with Gasteiger partial charge in [-0.1, -0.05) is 42.8 Å². The highest BCUT2D eigenvalue weighted by Gasteiger charge is 2.28. The van der Waals surface area contributed by atoms with Crippen molar-refractivity contribution in [2.45, 2.75) is 38.5 Å². The molecule has 0 saturated carbocycles. The summed E-state index contributed by atoms with van der Waals surface area (Å²) in [7, 11) is 0. The molecular weight excluding hydrogens is 368 g/mol. The molecule has 1 saturated heterocycles. The molecule has 0 bridgehead atoms. The van der Waals surface area contributed by atoms with Crippen LogP contribution in [0.4, 0.5) is 0 Å². The van der Waals surface area contributed by atoms with Crippen molar-refractivity contribution in [3.8, 4) is 17.2 Å². The summed E-state index contributed by atoms with van der Waals surface area (Å²) in [6.07, 6.45) is 4.28. The summed E-state index contributed by atoms with van der Waals surface area (Å²) in [5, 5.41) is 9.51. The third kappa shape index (κ3) is 4.66. The third-order valence-corrected chi connectivity index (χ3v) is 5.19. The van der Waals surface area contributed by atoms with Crippen LogP contribution >= 0.6 is 0 Å². The van der Waals surface area contributed by atoms with Gasteiger partial charge in [-0.05, 0) is 37.6 Å². The molecule has 2 aromatic carbocycles. The number of hydrogen-bond donors (Lipinski definition) is 1. The summed E-state index contributed by atoms with van der Waals surface area (Å²) < 4.78 is 11.6. The van der Waals surface area contributed by atoms with Crippen molar-refractivity contribution >= 4 is 5.97 Å². The molecule has 0 amide bonds. The maximum Gasteiger partial charge on any atom is 0.320 e. The predicted octanol–water partition coefficient (Wildman–Crippen LogP) is 4.36. The first kappa shape index (κ1) is 19.2. The fraction of sp³-hybridized carbons (Fsp3) is 0.304. The molecule has 1 fully saturated rings. The Kier molecular flexibility index (Phi) is 5.91. The van der Waals surface area contributed by atoms with Gasteiger partial charge in [-0.25, -0.2) is 4.98 Å². The van der Waals surface area contributed by atoms with Crippen molar-refractivity contribution in [1.82, 2.24) is 9.88 Å². The van der Waals surface area contributed by atoms with Crippen molar-refractivity contribution in [1.29, 1.82) is 0 Å². The van der Waals surface area contributed by atoms with Crippen LogP contribution in [0.2, 0.25) is 0 Å². The van der Waals surface area contributed by atoms with Crippen LogP contribution in [0.5, 0.6) is 5.75 Å². The zero-order valence-electron chi connectivity index (χ0n) is 16.2. The zero-order valence-corrected chi connectivity index (χ0v) is 16.2. The molecule has 1 aromatic heterocycles. The number of aliphatic carboxylic acids is 1. The molecule has 1 N–H and O–H groups in total. The van der Waals surface area contributed by atoms with E-state index in [0.717, 1.165) is 36.3 Å². The summed E-state index contributed by atoms with van der Waals surface area (Å²) in [4.78, 5) is 18.1. The highest BCUT2D eigenvalue weighted by Crippen LogP contribution is 2.26. The van der Waals surface area contributed by atoms with Gasteiger partial charge in [0.15, 0.2) is 0 Å². The molecule has 1 aliphatic rings. The molecule has 6 nitrogen and oxygen atoms in total. The van der Waals surface area contributed by atoms with Gasteiger partial charge < -0.3 is 14.3 Å². The van der Waals surface area contributed by atoms with Gasteiger partial charge in [0.25, 0.3) is 0 Å². The number of hydrogen-bond acceptors (Lipinski definition) is 5. The van der Waals surface area contributed by atoms with Crippen LogP contribution in [0.1, 0.15) is 30.5 Å². The lowest BCUT2D eigenvalue weighted by Crippen LogP contribution is -2.44. The Morgan fingerprint density at radius 2 is 1.93 bits per heavy atom. The average molecular weight is 392 g/mol. The quantitative estimate of drug-likeness (QED) is 0.644. The summed E-state index contributed by atoms with van der Waals surface area (Å²) >= 11 is 0. The Labute approximate surface area is 169 Å². The predicted molar refractivity (Wildman–Crippen MR) is 108 cm³/mol. The first-order valence-electron chi connectivity index (χ1n) is 9.88. The van der Waals surface area contributed by atoms with Crippen LogP contribution in [0.15, 0.2) is 65.3 Å². The summed E-state index contributed by atoms with van der Waals surface area (Å²) in [6, 6.07) is 17.1. The number of ether oxygens (including phenoxy) is 1. The number of carbonyl (C=O) groups is 1. The van der Waals surface area contributed by atoms with E-state index in [1.165, 1.54) is 0 Å². The Bertz CT molecular complexity index is 954. The van der Waals surface area contributed by atoms with Gasteiger partial charge >= 0.3 is 5.97 Å². The summed E-state index contributed by atoms with van der Waals surface area (Å²) in [6.45, 7) is 1.63. The molecule has 29 heavy (non-hydrogen) atoms. The van der Waals surface area contributed by atoms with E-state index < -0.39 is 12.0 Å². The van der Waals surface area contributed by atoms with Crippen LogP contribution < -0.4 is 4.74 Å². The lowest BCUT2D eigenvalue weighted by molar-refractivity contribution is -0.144. The number of carboxylic acids is 1. The van der Waals surface area contributed by atoms with Crippen LogP contribution in [0, 0.1) is 0 Å². The molecule has 2 heterocycles. The SMILES string of the molecule is O=C(O)C1CCCCN1Cc1ccccc1OCc1coc(-c2ccccc2)n1. The topological polar surface area (TPSA) is 75.8 Å².